The maximum atomic E-state index is 14.5. The highest BCUT2D eigenvalue weighted by atomic mass is 32.2. The SMILES string of the molecule is COc1ccc(OCc2nnc(SCC(=O)NCC#N)n2-c2ccccc2F)cc1. The number of para-hydroxylation sites is 1. The second kappa shape index (κ2) is 10.3. The Hall–Kier alpha value is -3.58. The molecule has 0 radical (unpaired) electrons. The van der Waals surface area contributed by atoms with Crippen molar-refractivity contribution in [1.82, 2.24) is 20.1 Å². The first kappa shape index (κ1) is 21.1. The van der Waals surface area contributed by atoms with Gasteiger partial charge in [-0.25, -0.2) is 4.39 Å². The molecule has 30 heavy (non-hydrogen) atoms. The molecule has 0 aliphatic heterocycles. The van der Waals surface area contributed by atoms with Crippen LogP contribution in [0.5, 0.6) is 11.5 Å². The van der Waals surface area contributed by atoms with Gasteiger partial charge in [-0.3, -0.25) is 9.36 Å². The van der Waals surface area contributed by atoms with Crippen molar-refractivity contribution in [2.24, 2.45) is 0 Å². The molecule has 0 aliphatic rings. The van der Waals surface area contributed by atoms with E-state index in [9.17, 15) is 9.18 Å². The van der Waals surface area contributed by atoms with Crippen LogP contribution < -0.4 is 14.8 Å². The minimum Gasteiger partial charge on any atom is -0.497 e. The predicted molar refractivity (Wildman–Crippen MR) is 108 cm³/mol. The van der Waals surface area contributed by atoms with Crippen molar-refractivity contribution >= 4 is 17.7 Å². The molecule has 0 bridgehead atoms. The van der Waals surface area contributed by atoms with E-state index in [1.165, 1.54) is 10.6 Å². The number of ether oxygens (including phenoxy) is 2. The molecule has 1 heterocycles. The van der Waals surface area contributed by atoms with Crippen LogP contribution in [0.1, 0.15) is 5.82 Å². The zero-order valence-corrected chi connectivity index (χ0v) is 16.9. The molecular weight excluding hydrogens is 409 g/mol. The smallest absolute Gasteiger partial charge is 0.231 e. The maximum Gasteiger partial charge on any atom is 0.231 e. The first-order valence-electron chi connectivity index (χ1n) is 8.85. The molecule has 0 aliphatic carbocycles. The summed E-state index contributed by atoms with van der Waals surface area (Å²) in [5.41, 5.74) is 0.246. The second-order valence-electron chi connectivity index (χ2n) is 5.87. The van der Waals surface area contributed by atoms with Crippen molar-refractivity contribution < 1.29 is 18.7 Å². The molecule has 154 valence electrons. The molecule has 3 aromatic rings. The van der Waals surface area contributed by atoms with Crippen molar-refractivity contribution in [2.45, 2.75) is 11.8 Å². The van der Waals surface area contributed by atoms with Crippen LogP contribution >= 0.6 is 11.8 Å². The number of nitriles is 1. The zero-order chi connectivity index (χ0) is 21.3. The Morgan fingerprint density at radius 3 is 2.63 bits per heavy atom. The van der Waals surface area contributed by atoms with Gasteiger partial charge >= 0.3 is 0 Å². The summed E-state index contributed by atoms with van der Waals surface area (Å²) in [7, 11) is 1.58. The zero-order valence-electron chi connectivity index (χ0n) is 16.0. The summed E-state index contributed by atoms with van der Waals surface area (Å²) in [4.78, 5) is 11.8. The Morgan fingerprint density at radius 1 is 1.20 bits per heavy atom. The number of aromatic nitrogens is 3. The third-order valence-corrected chi connectivity index (χ3v) is 4.85. The Bertz CT molecular complexity index is 1050. The van der Waals surface area contributed by atoms with E-state index in [4.69, 9.17) is 14.7 Å². The first-order valence-corrected chi connectivity index (χ1v) is 9.83. The van der Waals surface area contributed by atoms with Crippen LogP contribution in [0.2, 0.25) is 0 Å². The Kier molecular flexibility index (Phi) is 7.24. The topological polar surface area (TPSA) is 102 Å². The molecule has 0 fully saturated rings. The monoisotopic (exact) mass is 427 g/mol. The van der Waals surface area contributed by atoms with E-state index < -0.39 is 5.82 Å². The molecule has 0 saturated heterocycles. The van der Waals surface area contributed by atoms with E-state index in [1.807, 2.05) is 6.07 Å². The molecule has 3 rings (SSSR count). The molecule has 1 N–H and O–H groups in total. The molecule has 0 atom stereocenters. The van der Waals surface area contributed by atoms with Crippen LogP contribution in [0.4, 0.5) is 4.39 Å². The molecule has 1 amide bonds. The Balaban J connectivity index is 1.81. The number of amides is 1. The van der Waals surface area contributed by atoms with E-state index >= 15 is 0 Å². The van der Waals surface area contributed by atoms with Gasteiger partial charge in [0.05, 0.1) is 24.6 Å². The fourth-order valence-electron chi connectivity index (χ4n) is 2.50. The van der Waals surface area contributed by atoms with Gasteiger partial charge in [0.25, 0.3) is 0 Å². The van der Waals surface area contributed by atoms with Crippen LogP contribution in [0, 0.1) is 17.1 Å². The van der Waals surface area contributed by atoms with Gasteiger partial charge in [-0.15, -0.1) is 10.2 Å². The first-order chi connectivity index (χ1) is 14.6. The average molecular weight is 427 g/mol. The molecule has 10 heteroatoms. The van der Waals surface area contributed by atoms with Crippen molar-refractivity contribution in [1.29, 1.82) is 5.26 Å². The second-order valence-corrected chi connectivity index (χ2v) is 6.82. The molecule has 2 aromatic carbocycles. The van der Waals surface area contributed by atoms with Gasteiger partial charge in [-0.05, 0) is 36.4 Å². The molecule has 0 saturated carbocycles. The number of carbonyl (C=O) groups is 1. The van der Waals surface area contributed by atoms with Gasteiger partial charge in [0.1, 0.15) is 30.5 Å². The van der Waals surface area contributed by atoms with Gasteiger partial charge < -0.3 is 14.8 Å². The van der Waals surface area contributed by atoms with Gasteiger partial charge in [0.15, 0.2) is 11.0 Å². The van der Waals surface area contributed by atoms with Crippen LogP contribution in [0.25, 0.3) is 5.69 Å². The number of methoxy groups -OCH3 is 1. The highest BCUT2D eigenvalue weighted by Gasteiger charge is 2.18. The quantitative estimate of drug-likeness (QED) is 0.414. The lowest BCUT2D eigenvalue weighted by molar-refractivity contribution is -0.118. The average Bonchev–Trinajstić information content (AvgIpc) is 3.18. The lowest BCUT2D eigenvalue weighted by atomic mass is 10.3. The molecule has 0 unspecified atom stereocenters. The fourth-order valence-corrected chi connectivity index (χ4v) is 3.30. The minimum absolute atomic E-state index is 0.00754. The molecule has 0 spiro atoms. The van der Waals surface area contributed by atoms with Gasteiger partial charge in [-0.1, -0.05) is 23.9 Å². The van der Waals surface area contributed by atoms with Crippen LogP contribution in [-0.2, 0) is 11.4 Å². The van der Waals surface area contributed by atoms with Crippen LogP contribution in [0.15, 0.2) is 53.7 Å². The highest BCUT2D eigenvalue weighted by Crippen LogP contribution is 2.25. The van der Waals surface area contributed by atoms with Crippen molar-refractivity contribution in [3.8, 4) is 23.3 Å². The Labute approximate surface area is 176 Å². The summed E-state index contributed by atoms with van der Waals surface area (Å²) in [5, 5.41) is 19.5. The third-order valence-electron chi connectivity index (χ3n) is 3.92. The number of carbonyl (C=O) groups excluding carboxylic acids is 1. The molecular formula is C20H18FN5O3S. The largest absolute Gasteiger partial charge is 0.497 e. The minimum atomic E-state index is -0.459. The number of benzene rings is 2. The van der Waals surface area contributed by atoms with Crippen molar-refractivity contribution in [3.05, 3.63) is 60.2 Å². The summed E-state index contributed by atoms with van der Waals surface area (Å²) < 4.78 is 26.9. The molecule has 8 nitrogen and oxygen atoms in total. The summed E-state index contributed by atoms with van der Waals surface area (Å²) in [6.45, 7) is -0.0464. The fraction of sp³-hybridized carbons (Fsp3) is 0.200. The third kappa shape index (κ3) is 5.27. The highest BCUT2D eigenvalue weighted by molar-refractivity contribution is 7.99. The summed E-state index contributed by atoms with van der Waals surface area (Å²) in [6.07, 6.45) is 0. The van der Waals surface area contributed by atoms with Crippen molar-refractivity contribution in [2.75, 3.05) is 19.4 Å². The number of halogens is 1. The lowest BCUT2D eigenvalue weighted by Crippen LogP contribution is -2.25. The van der Waals surface area contributed by atoms with E-state index in [2.05, 4.69) is 15.5 Å². The maximum absolute atomic E-state index is 14.5. The van der Waals surface area contributed by atoms with E-state index in [0.717, 1.165) is 11.8 Å². The molecule has 1 aromatic heterocycles. The Morgan fingerprint density at radius 2 is 1.93 bits per heavy atom. The van der Waals surface area contributed by atoms with Gasteiger partial charge in [-0.2, -0.15) is 5.26 Å². The normalized spacial score (nSPS) is 10.3. The summed E-state index contributed by atoms with van der Waals surface area (Å²) >= 11 is 1.09. The van der Waals surface area contributed by atoms with Gasteiger partial charge in [0, 0.05) is 0 Å². The number of nitrogens with zero attached hydrogens (tertiary/aromatic N) is 4. The van der Waals surface area contributed by atoms with Crippen LogP contribution in [0.3, 0.4) is 0 Å². The number of nitrogens with one attached hydrogen (secondary N) is 1. The number of thioether (sulfide) groups is 1. The van der Waals surface area contributed by atoms with E-state index in [1.54, 1.807) is 49.6 Å². The number of rotatable bonds is 9. The van der Waals surface area contributed by atoms with Crippen molar-refractivity contribution in [3.63, 3.8) is 0 Å². The summed E-state index contributed by atoms with van der Waals surface area (Å²) in [5.74, 6) is 0.873. The lowest BCUT2D eigenvalue weighted by Gasteiger charge is -2.12. The van der Waals surface area contributed by atoms with E-state index in [0.29, 0.717) is 22.5 Å². The predicted octanol–water partition coefficient (Wildman–Crippen LogP) is 2.73. The van der Waals surface area contributed by atoms with E-state index in [-0.39, 0.29) is 30.5 Å². The standard InChI is InChI=1S/C20H18FN5O3S/c1-28-14-6-8-15(9-7-14)29-12-18-24-25-20(30-13-19(27)23-11-10-22)26(18)17-5-3-2-4-16(17)21/h2-9H,11-13H2,1H3,(H,23,27). The number of hydrogen-bond donors (Lipinski definition) is 1. The summed E-state index contributed by atoms with van der Waals surface area (Å²) in [6, 6.07) is 15.1. The van der Waals surface area contributed by atoms with Gasteiger partial charge in [0.2, 0.25) is 5.91 Å². The van der Waals surface area contributed by atoms with Crippen LogP contribution in [-0.4, -0.2) is 40.1 Å². The number of hydrogen-bond acceptors (Lipinski definition) is 7.